The molecule has 0 bridgehead atoms. The Bertz CT molecular complexity index is 746. The fraction of sp³-hybridized carbons (Fsp3) is 0.278. The SMILES string of the molecule is N#Cc1ccc(CNC(=O)c2cccnc2N2CCOCC2)cc1. The van der Waals surface area contributed by atoms with E-state index < -0.39 is 0 Å². The highest BCUT2D eigenvalue weighted by atomic mass is 16.5. The summed E-state index contributed by atoms with van der Waals surface area (Å²) in [4.78, 5) is 19.0. The van der Waals surface area contributed by atoms with Crippen molar-refractivity contribution in [3.05, 3.63) is 59.3 Å². The smallest absolute Gasteiger partial charge is 0.255 e. The highest BCUT2D eigenvalue weighted by Gasteiger charge is 2.19. The van der Waals surface area contributed by atoms with Gasteiger partial charge >= 0.3 is 0 Å². The molecule has 6 nitrogen and oxygen atoms in total. The predicted octanol–water partition coefficient (Wildman–Crippen LogP) is 1.72. The molecule has 1 saturated heterocycles. The fourth-order valence-corrected chi connectivity index (χ4v) is 2.58. The van der Waals surface area contributed by atoms with Crippen molar-refractivity contribution >= 4 is 11.7 Å². The summed E-state index contributed by atoms with van der Waals surface area (Å²) in [5, 5.41) is 11.7. The van der Waals surface area contributed by atoms with Gasteiger partial charge in [0.15, 0.2) is 0 Å². The molecule has 24 heavy (non-hydrogen) atoms. The van der Waals surface area contributed by atoms with E-state index in [0.29, 0.717) is 36.7 Å². The Balaban J connectivity index is 1.69. The monoisotopic (exact) mass is 322 g/mol. The number of nitriles is 1. The number of ether oxygens (including phenoxy) is 1. The molecule has 2 aromatic rings. The Hall–Kier alpha value is -2.91. The molecule has 1 aromatic carbocycles. The third-order valence-corrected chi connectivity index (χ3v) is 3.88. The number of morpholine rings is 1. The average Bonchev–Trinajstić information content (AvgIpc) is 2.67. The Morgan fingerprint density at radius 3 is 2.71 bits per heavy atom. The van der Waals surface area contributed by atoms with Crippen LogP contribution in [0.4, 0.5) is 5.82 Å². The number of carbonyl (C=O) groups excluding carboxylic acids is 1. The molecule has 0 unspecified atom stereocenters. The molecule has 1 amide bonds. The number of benzene rings is 1. The van der Waals surface area contributed by atoms with Gasteiger partial charge in [0, 0.05) is 25.8 Å². The third-order valence-electron chi connectivity index (χ3n) is 3.88. The van der Waals surface area contributed by atoms with Crippen molar-refractivity contribution in [1.29, 1.82) is 5.26 Å². The summed E-state index contributed by atoms with van der Waals surface area (Å²) in [6.07, 6.45) is 1.70. The number of amides is 1. The summed E-state index contributed by atoms with van der Waals surface area (Å²) in [5.74, 6) is 0.534. The fourth-order valence-electron chi connectivity index (χ4n) is 2.58. The lowest BCUT2D eigenvalue weighted by Gasteiger charge is -2.29. The second kappa shape index (κ2) is 7.57. The van der Waals surface area contributed by atoms with Gasteiger partial charge in [-0.3, -0.25) is 4.79 Å². The molecule has 1 N–H and O–H groups in total. The van der Waals surface area contributed by atoms with Gasteiger partial charge in [-0.1, -0.05) is 12.1 Å². The number of nitrogens with zero attached hydrogens (tertiary/aromatic N) is 3. The minimum atomic E-state index is -0.158. The first-order chi connectivity index (χ1) is 11.8. The molecule has 0 spiro atoms. The van der Waals surface area contributed by atoms with E-state index in [2.05, 4.69) is 21.3 Å². The van der Waals surface area contributed by atoms with Crippen molar-refractivity contribution in [1.82, 2.24) is 10.3 Å². The van der Waals surface area contributed by atoms with Gasteiger partial charge in [-0.25, -0.2) is 4.98 Å². The van der Waals surface area contributed by atoms with Crippen LogP contribution >= 0.6 is 0 Å². The first-order valence-corrected chi connectivity index (χ1v) is 7.83. The summed E-state index contributed by atoms with van der Waals surface area (Å²) in [7, 11) is 0. The first-order valence-electron chi connectivity index (χ1n) is 7.83. The zero-order valence-electron chi connectivity index (χ0n) is 13.2. The van der Waals surface area contributed by atoms with Crippen molar-refractivity contribution in [3.63, 3.8) is 0 Å². The standard InChI is InChI=1S/C18H18N4O2/c19-12-14-3-5-15(6-4-14)13-21-18(23)16-2-1-7-20-17(16)22-8-10-24-11-9-22/h1-7H,8-11,13H2,(H,21,23). The van der Waals surface area contributed by atoms with Crippen LogP contribution in [0.15, 0.2) is 42.6 Å². The molecular formula is C18H18N4O2. The quantitative estimate of drug-likeness (QED) is 0.927. The van der Waals surface area contributed by atoms with Crippen LogP contribution in [0.1, 0.15) is 21.5 Å². The Labute approximate surface area is 140 Å². The Morgan fingerprint density at radius 2 is 2.00 bits per heavy atom. The highest BCUT2D eigenvalue weighted by Crippen LogP contribution is 2.18. The molecule has 0 atom stereocenters. The van der Waals surface area contributed by atoms with E-state index in [1.807, 2.05) is 12.1 Å². The van der Waals surface area contributed by atoms with Gasteiger partial charge in [-0.05, 0) is 29.8 Å². The van der Waals surface area contributed by atoms with E-state index in [0.717, 1.165) is 18.7 Å². The molecule has 1 aliphatic heterocycles. The molecule has 6 heteroatoms. The zero-order valence-corrected chi connectivity index (χ0v) is 13.2. The highest BCUT2D eigenvalue weighted by molar-refractivity contribution is 5.98. The molecule has 2 heterocycles. The van der Waals surface area contributed by atoms with Crippen molar-refractivity contribution in [3.8, 4) is 6.07 Å². The van der Waals surface area contributed by atoms with Crippen LogP contribution in [-0.4, -0.2) is 37.2 Å². The molecule has 1 aliphatic rings. The van der Waals surface area contributed by atoms with Crippen LogP contribution in [0.5, 0.6) is 0 Å². The van der Waals surface area contributed by atoms with Gasteiger partial charge in [0.05, 0.1) is 30.4 Å². The summed E-state index contributed by atoms with van der Waals surface area (Å²) in [6.45, 7) is 3.15. The molecule has 1 fully saturated rings. The lowest BCUT2D eigenvalue weighted by molar-refractivity contribution is 0.0949. The van der Waals surface area contributed by atoms with Crippen LogP contribution in [-0.2, 0) is 11.3 Å². The number of nitrogens with one attached hydrogen (secondary N) is 1. The number of rotatable bonds is 4. The molecule has 3 rings (SSSR count). The van der Waals surface area contributed by atoms with Gasteiger partial charge in [0.1, 0.15) is 5.82 Å². The molecule has 122 valence electrons. The number of anilines is 1. The summed E-state index contributed by atoms with van der Waals surface area (Å²) in [6, 6.07) is 12.8. The lowest BCUT2D eigenvalue weighted by atomic mass is 10.1. The normalized spacial score (nSPS) is 14.0. The largest absolute Gasteiger partial charge is 0.378 e. The topological polar surface area (TPSA) is 78.2 Å². The van der Waals surface area contributed by atoms with Crippen LogP contribution in [0.25, 0.3) is 0 Å². The number of carbonyl (C=O) groups is 1. The Kier molecular flexibility index (Phi) is 5.04. The van der Waals surface area contributed by atoms with Gasteiger partial charge < -0.3 is 15.0 Å². The second-order valence-corrected chi connectivity index (χ2v) is 5.47. The maximum atomic E-state index is 12.5. The van der Waals surface area contributed by atoms with E-state index >= 15 is 0 Å². The van der Waals surface area contributed by atoms with Crippen molar-refractivity contribution in [2.24, 2.45) is 0 Å². The van der Waals surface area contributed by atoms with Crippen LogP contribution in [0, 0.1) is 11.3 Å². The number of aromatic nitrogens is 1. The average molecular weight is 322 g/mol. The van der Waals surface area contributed by atoms with E-state index in [1.165, 1.54) is 0 Å². The predicted molar refractivity (Wildman–Crippen MR) is 89.6 cm³/mol. The minimum absolute atomic E-state index is 0.158. The van der Waals surface area contributed by atoms with Crippen molar-refractivity contribution in [2.75, 3.05) is 31.2 Å². The van der Waals surface area contributed by atoms with Gasteiger partial charge in [0.2, 0.25) is 0 Å². The zero-order chi connectivity index (χ0) is 16.8. The number of pyridine rings is 1. The van der Waals surface area contributed by atoms with E-state index in [-0.39, 0.29) is 5.91 Å². The third kappa shape index (κ3) is 3.70. The van der Waals surface area contributed by atoms with E-state index in [4.69, 9.17) is 10.00 Å². The first kappa shape index (κ1) is 16.0. The molecule has 0 radical (unpaired) electrons. The van der Waals surface area contributed by atoms with Crippen molar-refractivity contribution in [2.45, 2.75) is 6.54 Å². The maximum Gasteiger partial charge on any atom is 0.255 e. The summed E-state index contributed by atoms with van der Waals surface area (Å²) in [5.41, 5.74) is 2.11. The molecule has 0 saturated carbocycles. The van der Waals surface area contributed by atoms with Crippen LogP contribution < -0.4 is 10.2 Å². The molecule has 0 aliphatic carbocycles. The van der Waals surface area contributed by atoms with Gasteiger partial charge in [0.25, 0.3) is 5.91 Å². The van der Waals surface area contributed by atoms with Crippen LogP contribution in [0.2, 0.25) is 0 Å². The maximum absolute atomic E-state index is 12.5. The summed E-state index contributed by atoms with van der Waals surface area (Å²) < 4.78 is 5.35. The minimum Gasteiger partial charge on any atom is -0.378 e. The molecule has 1 aromatic heterocycles. The van der Waals surface area contributed by atoms with Gasteiger partial charge in [-0.15, -0.1) is 0 Å². The van der Waals surface area contributed by atoms with Crippen molar-refractivity contribution < 1.29 is 9.53 Å². The Morgan fingerprint density at radius 1 is 1.25 bits per heavy atom. The lowest BCUT2D eigenvalue weighted by Crippen LogP contribution is -2.38. The number of hydrogen-bond donors (Lipinski definition) is 1. The van der Waals surface area contributed by atoms with E-state index in [1.54, 1.807) is 30.5 Å². The second-order valence-electron chi connectivity index (χ2n) is 5.47. The van der Waals surface area contributed by atoms with E-state index in [9.17, 15) is 4.79 Å². The number of hydrogen-bond acceptors (Lipinski definition) is 5. The molecular weight excluding hydrogens is 304 g/mol. The van der Waals surface area contributed by atoms with Gasteiger partial charge in [-0.2, -0.15) is 5.26 Å². The van der Waals surface area contributed by atoms with Crippen LogP contribution in [0.3, 0.4) is 0 Å². The summed E-state index contributed by atoms with van der Waals surface area (Å²) >= 11 is 0.